The summed E-state index contributed by atoms with van der Waals surface area (Å²) in [6, 6.07) is 4.52. The van der Waals surface area contributed by atoms with Gasteiger partial charge in [-0.05, 0) is 24.6 Å². The van der Waals surface area contributed by atoms with Crippen molar-refractivity contribution in [2.75, 3.05) is 49.8 Å². The fraction of sp³-hybridized carbons (Fsp3) is 0.500. The Bertz CT molecular complexity index is 943. The first-order valence-corrected chi connectivity index (χ1v) is 10.3. The molecule has 11 nitrogen and oxygen atoms in total. The molecule has 0 unspecified atom stereocenters. The highest BCUT2D eigenvalue weighted by Gasteiger charge is 2.34. The number of halogens is 1. The number of cyclic esters (lactones) is 1. The number of benzene rings is 1. The summed E-state index contributed by atoms with van der Waals surface area (Å²) in [5.41, 5.74) is 0.838. The fourth-order valence-corrected chi connectivity index (χ4v) is 3.81. The van der Waals surface area contributed by atoms with E-state index in [2.05, 4.69) is 15.6 Å². The Kier molecular flexibility index (Phi) is 6.69. The minimum absolute atomic E-state index is 0.143. The smallest absolute Gasteiger partial charge is 0.414 e. The highest BCUT2D eigenvalue weighted by molar-refractivity contribution is 5.90. The van der Waals surface area contributed by atoms with E-state index in [1.165, 1.54) is 18.1 Å². The summed E-state index contributed by atoms with van der Waals surface area (Å²) in [5.74, 6) is -0.446. The maximum absolute atomic E-state index is 14.9. The summed E-state index contributed by atoms with van der Waals surface area (Å²) in [7, 11) is 1.53. The number of hydrogen-bond donors (Lipinski definition) is 1. The number of anilines is 2. The van der Waals surface area contributed by atoms with Crippen LogP contribution in [0.1, 0.15) is 6.42 Å². The summed E-state index contributed by atoms with van der Waals surface area (Å²) in [6.07, 6.45) is 2.45. The molecule has 2 aliphatic rings. The third kappa shape index (κ3) is 5.07. The Morgan fingerprint density at radius 2 is 2.22 bits per heavy atom. The predicted molar refractivity (Wildman–Crippen MR) is 111 cm³/mol. The molecule has 4 rings (SSSR count). The molecule has 1 aromatic heterocycles. The van der Waals surface area contributed by atoms with Gasteiger partial charge in [0.1, 0.15) is 18.5 Å². The zero-order valence-electron chi connectivity index (χ0n) is 17.6. The van der Waals surface area contributed by atoms with Gasteiger partial charge in [0.15, 0.2) is 0 Å². The molecule has 2 fully saturated rings. The molecule has 12 heteroatoms. The van der Waals surface area contributed by atoms with Crippen LogP contribution in [0.2, 0.25) is 0 Å². The molecule has 0 aliphatic carbocycles. The van der Waals surface area contributed by atoms with E-state index in [9.17, 15) is 14.0 Å². The maximum atomic E-state index is 14.9. The van der Waals surface area contributed by atoms with E-state index in [4.69, 9.17) is 14.2 Å². The van der Waals surface area contributed by atoms with Gasteiger partial charge < -0.3 is 24.4 Å². The first-order valence-electron chi connectivity index (χ1n) is 10.3. The Balaban J connectivity index is 1.33. The SMILES string of the molecule is COCCOC(=O)N[C@@H]1CCN(c2ccc(N3C[C@H](Cn4ccnn4)OC3=O)cc2F)C1. The average molecular weight is 448 g/mol. The van der Waals surface area contributed by atoms with Crippen molar-refractivity contribution < 1.29 is 28.2 Å². The Hall–Kier alpha value is -3.41. The van der Waals surface area contributed by atoms with Gasteiger partial charge in [-0.15, -0.1) is 5.10 Å². The van der Waals surface area contributed by atoms with Crippen molar-refractivity contribution in [3.8, 4) is 0 Å². The summed E-state index contributed by atoms with van der Waals surface area (Å²) in [6.45, 7) is 2.21. The van der Waals surface area contributed by atoms with Crippen LogP contribution < -0.4 is 15.1 Å². The minimum Gasteiger partial charge on any atom is -0.447 e. The summed E-state index contributed by atoms with van der Waals surface area (Å²) in [5, 5.41) is 10.4. The first kappa shape index (κ1) is 21.8. The second-order valence-corrected chi connectivity index (χ2v) is 7.58. The number of rotatable bonds is 8. The normalized spacial score (nSPS) is 20.5. The van der Waals surface area contributed by atoms with Gasteiger partial charge in [-0.2, -0.15) is 0 Å². The molecule has 1 N–H and O–H groups in total. The lowest BCUT2D eigenvalue weighted by molar-refractivity contribution is 0.0969. The van der Waals surface area contributed by atoms with E-state index in [0.29, 0.717) is 50.6 Å². The van der Waals surface area contributed by atoms with Crippen LogP contribution in [-0.2, 0) is 20.8 Å². The largest absolute Gasteiger partial charge is 0.447 e. The molecule has 2 atom stereocenters. The van der Waals surface area contributed by atoms with Gasteiger partial charge in [0.2, 0.25) is 0 Å². The van der Waals surface area contributed by atoms with Crippen LogP contribution in [0.3, 0.4) is 0 Å². The molecule has 0 bridgehead atoms. The number of alkyl carbamates (subject to hydrolysis) is 1. The van der Waals surface area contributed by atoms with Gasteiger partial charge in [-0.25, -0.2) is 18.7 Å². The lowest BCUT2D eigenvalue weighted by Gasteiger charge is -2.21. The quantitative estimate of drug-likeness (QED) is 0.604. The van der Waals surface area contributed by atoms with Gasteiger partial charge in [-0.1, -0.05) is 5.21 Å². The molecule has 2 amide bonds. The van der Waals surface area contributed by atoms with Crippen molar-refractivity contribution in [2.45, 2.75) is 25.1 Å². The number of methoxy groups -OCH3 is 1. The third-order valence-electron chi connectivity index (χ3n) is 5.35. The number of aromatic nitrogens is 3. The van der Waals surface area contributed by atoms with Crippen molar-refractivity contribution >= 4 is 23.6 Å². The van der Waals surface area contributed by atoms with Crippen LogP contribution in [0.4, 0.5) is 25.4 Å². The average Bonchev–Trinajstić information content (AvgIpc) is 3.51. The minimum atomic E-state index is -0.528. The molecule has 0 saturated carbocycles. The zero-order valence-corrected chi connectivity index (χ0v) is 17.6. The van der Waals surface area contributed by atoms with Crippen LogP contribution in [0.5, 0.6) is 0 Å². The van der Waals surface area contributed by atoms with Gasteiger partial charge in [-0.3, -0.25) is 4.90 Å². The number of nitrogens with zero attached hydrogens (tertiary/aromatic N) is 5. The number of amides is 2. The molecule has 2 aromatic rings. The Morgan fingerprint density at radius 1 is 1.34 bits per heavy atom. The van der Waals surface area contributed by atoms with Gasteiger partial charge in [0.05, 0.1) is 43.3 Å². The topological polar surface area (TPSA) is 111 Å². The van der Waals surface area contributed by atoms with Crippen LogP contribution >= 0.6 is 0 Å². The molecule has 3 heterocycles. The Morgan fingerprint density at radius 3 is 2.97 bits per heavy atom. The van der Waals surface area contributed by atoms with E-state index < -0.39 is 24.1 Å². The predicted octanol–water partition coefficient (Wildman–Crippen LogP) is 1.39. The first-order chi connectivity index (χ1) is 15.5. The van der Waals surface area contributed by atoms with Crippen LogP contribution in [0.25, 0.3) is 0 Å². The fourth-order valence-electron chi connectivity index (χ4n) is 3.81. The van der Waals surface area contributed by atoms with Crippen molar-refractivity contribution in [3.63, 3.8) is 0 Å². The van der Waals surface area contributed by atoms with Crippen molar-refractivity contribution in [1.29, 1.82) is 0 Å². The number of nitrogens with one attached hydrogen (secondary N) is 1. The molecule has 172 valence electrons. The Labute approximate surface area is 184 Å². The van der Waals surface area contributed by atoms with E-state index in [0.717, 1.165) is 0 Å². The number of hydrogen-bond acceptors (Lipinski definition) is 8. The molecule has 1 aromatic carbocycles. The molecular formula is C20H25FN6O5. The highest BCUT2D eigenvalue weighted by Crippen LogP contribution is 2.30. The monoisotopic (exact) mass is 448 g/mol. The maximum Gasteiger partial charge on any atom is 0.414 e. The van der Waals surface area contributed by atoms with Crippen molar-refractivity contribution in [1.82, 2.24) is 20.3 Å². The number of carbonyl (C=O) groups is 2. The van der Waals surface area contributed by atoms with Crippen molar-refractivity contribution in [2.24, 2.45) is 0 Å². The molecule has 0 spiro atoms. The third-order valence-corrected chi connectivity index (χ3v) is 5.35. The number of carbonyl (C=O) groups excluding carboxylic acids is 2. The van der Waals surface area contributed by atoms with Crippen LogP contribution in [0, 0.1) is 5.82 Å². The van der Waals surface area contributed by atoms with Gasteiger partial charge in [0.25, 0.3) is 0 Å². The zero-order chi connectivity index (χ0) is 22.5. The van der Waals surface area contributed by atoms with E-state index >= 15 is 0 Å². The molecule has 2 saturated heterocycles. The lowest BCUT2D eigenvalue weighted by atomic mass is 10.2. The molecule has 0 radical (unpaired) electrons. The molecule has 2 aliphatic heterocycles. The summed E-state index contributed by atoms with van der Waals surface area (Å²) < 4.78 is 31.7. The summed E-state index contributed by atoms with van der Waals surface area (Å²) in [4.78, 5) is 27.3. The summed E-state index contributed by atoms with van der Waals surface area (Å²) >= 11 is 0. The van der Waals surface area contributed by atoms with Crippen molar-refractivity contribution in [3.05, 3.63) is 36.4 Å². The highest BCUT2D eigenvalue weighted by atomic mass is 19.1. The van der Waals surface area contributed by atoms with Gasteiger partial charge in [0, 0.05) is 26.4 Å². The van der Waals surface area contributed by atoms with Crippen LogP contribution in [-0.4, -0.2) is 79.3 Å². The standard InChI is InChI=1S/C20H25FN6O5/c1-30-8-9-31-19(28)23-14-4-6-25(11-14)18-3-2-15(10-17(18)21)27-13-16(32-20(27)29)12-26-7-5-22-24-26/h2-3,5,7,10,14,16H,4,6,8-9,11-13H2,1H3,(H,23,28)/t14-,16+/m1/s1. The second kappa shape index (κ2) is 9.81. The van der Waals surface area contributed by atoms with E-state index in [-0.39, 0.29) is 12.6 Å². The molecular weight excluding hydrogens is 423 g/mol. The second-order valence-electron chi connectivity index (χ2n) is 7.58. The van der Waals surface area contributed by atoms with Gasteiger partial charge >= 0.3 is 12.2 Å². The van der Waals surface area contributed by atoms with E-state index in [1.807, 2.05) is 4.90 Å². The lowest BCUT2D eigenvalue weighted by Crippen LogP contribution is -2.38. The molecule has 32 heavy (non-hydrogen) atoms. The van der Waals surface area contributed by atoms with E-state index in [1.54, 1.807) is 29.2 Å². The van der Waals surface area contributed by atoms with Crippen LogP contribution in [0.15, 0.2) is 30.6 Å². The number of ether oxygens (including phenoxy) is 3.